The highest BCUT2D eigenvalue weighted by Crippen LogP contribution is 2.35. The second kappa shape index (κ2) is 10.9. The highest BCUT2D eigenvalue weighted by molar-refractivity contribution is 7.59. The smallest absolute Gasteiger partial charge is 0.348 e. The molecule has 1 heterocycles. The molecule has 0 unspecified atom stereocenters. The maximum absolute atomic E-state index is 13.2. The van der Waals surface area contributed by atoms with E-state index >= 15 is 0 Å². The number of rotatable bonds is 4. The summed E-state index contributed by atoms with van der Waals surface area (Å²) < 4.78 is 0. The molecule has 29 heavy (non-hydrogen) atoms. The van der Waals surface area contributed by atoms with Crippen molar-refractivity contribution in [1.82, 2.24) is 0 Å². The Morgan fingerprint density at radius 1 is 1.31 bits per heavy atom. The van der Waals surface area contributed by atoms with Crippen LogP contribution in [0.25, 0.3) is 0 Å². The monoisotopic (exact) mass is 437 g/mol. The van der Waals surface area contributed by atoms with Crippen molar-refractivity contribution in [3.05, 3.63) is 27.5 Å². The van der Waals surface area contributed by atoms with Crippen molar-refractivity contribution in [2.75, 3.05) is 4.90 Å². The second-order valence-electron chi connectivity index (χ2n) is 8.45. The third-order valence-electron chi connectivity index (χ3n) is 4.47. The molecule has 0 aliphatic heterocycles. The molecule has 6 heteroatoms. The summed E-state index contributed by atoms with van der Waals surface area (Å²) in [4.78, 5) is 27.5. The van der Waals surface area contributed by atoms with Gasteiger partial charge in [0.15, 0.2) is 0 Å². The molecule has 0 bridgehead atoms. The van der Waals surface area contributed by atoms with Gasteiger partial charge in [0.2, 0.25) is 5.91 Å². The summed E-state index contributed by atoms with van der Waals surface area (Å²) in [6.45, 7) is 12.0. The number of carbonyl (C=O) groups excluding carboxylic acids is 1. The SMILES string of the molecule is C.CC1=CC[C@@H](C(=O)N(c2cc(C#CC(C)(C)C)sc2C(=O)O)C(C)C)CC1.S. The molecule has 1 aliphatic carbocycles. The van der Waals surface area contributed by atoms with Gasteiger partial charge < -0.3 is 10.0 Å². The van der Waals surface area contributed by atoms with E-state index in [2.05, 4.69) is 24.8 Å². The van der Waals surface area contributed by atoms with Crippen molar-refractivity contribution in [3.8, 4) is 11.8 Å². The number of carbonyl (C=O) groups is 2. The van der Waals surface area contributed by atoms with Gasteiger partial charge in [0.25, 0.3) is 0 Å². The standard InChI is InChI=1S/C22H29NO3S.CH4.H2S/c1-14(2)23(20(24)16-9-7-15(3)8-10-16)18-13-17(11-12-22(4,5)6)27-19(18)21(25)26;;/h7,13-14,16H,8-10H2,1-6H3,(H,25,26);1H4;1H2/t16-;;/m1../s1. The van der Waals surface area contributed by atoms with Crippen LogP contribution >= 0.6 is 24.8 Å². The minimum atomic E-state index is -1.02. The maximum atomic E-state index is 13.2. The molecule has 0 aromatic carbocycles. The van der Waals surface area contributed by atoms with E-state index in [0.29, 0.717) is 10.6 Å². The van der Waals surface area contributed by atoms with Gasteiger partial charge in [-0.15, -0.1) is 11.3 Å². The number of nitrogens with zero attached hydrogens (tertiary/aromatic N) is 1. The van der Waals surface area contributed by atoms with Crippen LogP contribution in [-0.2, 0) is 4.79 Å². The number of allylic oxidation sites excluding steroid dienone is 2. The summed E-state index contributed by atoms with van der Waals surface area (Å²) in [6, 6.07) is 1.63. The summed E-state index contributed by atoms with van der Waals surface area (Å²) in [5.74, 6) is 5.11. The number of thiophene rings is 1. The fourth-order valence-corrected chi connectivity index (χ4v) is 3.90. The molecule has 1 amide bonds. The van der Waals surface area contributed by atoms with Gasteiger partial charge in [-0.05, 0) is 66.9 Å². The number of aromatic carboxylic acids is 1. The zero-order chi connectivity index (χ0) is 20.4. The maximum Gasteiger partial charge on any atom is 0.348 e. The summed E-state index contributed by atoms with van der Waals surface area (Å²) in [7, 11) is 0. The number of hydrogen-bond acceptors (Lipinski definition) is 3. The van der Waals surface area contributed by atoms with Crippen molar-refractivity contribution in [1.29, 1.82) is 0 Å². The van der Waals surface area contributed by atoms with Gasteiger partial charge in [-0.25, -0.2) is 4.79 Å². The Bertz CT molecular complexity index is 819. The first-order valence-electron chi connectivity index (χ1n) is 9.38. The lowest BCUT2D eigenvalue weighted by atomic mass is 9.89. The Morgan fingerprint density at radius 2 is 1.93 bits per heavy atom. The topological polar surface area (TPSA) is 57.6 Å². The molecule has 1 atom stereocenters. The van der Waals surface area contributed by atoms with Crippen molar-refractivity contribution >= 4 is 42.4 Å². The molecule has 0 fully saturated rings. The van der Waals surface area contributed by atoms with Crippen LogP contribution in [0.3, 0.4) is 0 Å². The summed E-state index contributed by atoms with van der Waals surface area (Å²) >= 11 is 1.14. The molecule has 0 saturated heterocycles. The van der Waals surface area contributed by atoms with E-state index in [-0.39, 0.29) is 49.1 Å². The van der Waals surface area contributed by atoms with Crippen molar-refractivity contribution in [2.45, 2.75) is 74.3 Å². The summed E-state index contributed by atoms with van der Waals surface area (Å²) in [5, 5.41) is 9.68. The van der Waals surface area contributed by atoms with Gasteiger partial charge in [0.05, 0.1) is 10.6 Å². The number of amides is 1. The zero-order valence-electron chi connectivity index (χ0n) is 17.5. The molecule has 0 spiro atoms. The molecular formula is C23H35NO3S2. The van der Waals surface area contributed by atoms with Gasteiger partial charge in [0.1, 0.15) is 4.88 Å². The summed E-state index contributed by atoms with van der Waals surface area (Å²) in [6.07, 6.45) is 4.57. The van der Waals surface area contributed by atoms with Gasteiger partial charge in [-0.3, -0.25) is 4.79 Å². The lowest BCUT2D eigenvalue weighted by Gasteiger charge is -2.31. The fraction of sp³-hybridized carbons (Fsp3) is 0.565. The van der Waals surface area contributed by atoms with E-state index in [1.807, 2.05) is 34.6 Å². The van der Waals surface area contributed by atoms with Crippen LogP contribution < -0.4 is 4.90 Å². The zero-order valence-corrected chi connectivity index (χ0v) is 19.4. The average Bonchev–Trinajstić information content (AvgIpc) is 2.97. The Hall–Kier alpha value is -1.71. The number of carboxylic acid groups (broad SMARTS) is 1. The minimum Gasteiger partial charge on any atom is -0.477 e. The lowest BCUT2D eigenvalue weighted by Crippen LogP contribution is -2.42. The molecule has 1 aromatic rings. The molecule has 0 saturated carbocycles. The highest BCUT2D eigenvalue weighted by Gasteiger charge is 2.31. The largest absolute Gasteiger partial charge is 0.477 e. The number of carboxylic acids is 1. The van der Waals surface area contributed by atoms with Gasteiger partial charge >= 0.3 is 5.97 Å². The van der Waals surface area contributed by atoms with E-state index in [4.69, 9.17) is 0 Å². The van der Waals surface area contributed by atoms with E-state index in [1.54, 1.807) is 11.0 Å². The molecule has 162 valence electrons. The van der Waals surface area contributed by atoms with E-state index in [0.717, 1.165) is 30.6 Å². The first-order chi connectivity index (χ1) is 12.5. The predicted molar refractivity (Wildman–Crippen MR) is 128 cm³/mol. The van der Waals surface area contributed by atoms with Crippen LogP contribution in [0.4, 0.5) is 5.69 Å². The highest BCUT2D eigenvalue weighted by atomic mass is 32.1. The van der Waals surface area contributed by atoms with Crippen LogP contribution in [-0.4, -0.2) is 23.0 Å². The molecule has 1 N–H and O–H groups in total. The molecule has 4 nitrogen and oxygen atoms in total. The Labute approximate surface area is 186 Å². The van der Waals surface area contributed by atoms with Crippen molar-refractivity contribution < 1.29 is 14.7 Å². The normalized spacial score (nSPS) is 16.0. The molecule has 0 radical (unpaired) electrons. The number of anilines is 1. The van der Waals surface area contributed by atoms with Crippen LogP contribution in [0.5, 0.6) is 0 Å². The molecule has 1 aromatic heterocycles. The minimum absolute atomic E-state index is 0. The quantitative estimate of drug-likeness (QED) is 0.459. The Kier molecular flexibility index (Phi) is 10.3. The summed E-state index contributed by atoms with van der Waals surface area (Å²) in [5.41, 5.74) is 1.61. The second-order valence-corrected chi connectivity index (χ2v) is 9.51. The van der Waals surface area contributed by atoms with Gasteiger partial charge in [-0.1, -0.05) is 30.9 Å². The van der Waals surface area contributed by atoms with Crippen molar-refractivity contribution in [3.63, 3.8) is 0 Å². The first-order valence-corrected chi connectivity index (χ1v) is 10.2. The fourth-order valence-electron chi connectivity index (χ4n) is 3.06. The predicted octanol–water partition coefficient (Wildman–Crippen LogP) is 6.08. The Morgan fingerprint density at radius 3 is 2.38 bits per heavy atom. The average molecular weight is 438 g/mol. The van der Waals surface area contributed by atoms with E-state index in [1.165, 1.54) is 5.57 Å². The lowest BCUT2D eigenvalue weighted by molar-refractivity contribution is -0.123. The van der Waals surface area contributed by atoms with E-state index < -0.39 is 5.97 Å². The van der Waals surface area contributed by atoms with Crippen LogP contribution in [0, 0.1) is 23.2 Å². The molecule has 2 rings (SSSR count). The molecule has 1 aliphatic rings. The van der Waals surface area contributed by atoms with Crippen LogP contribution in [0.1, 0.15) is 82.8 Å². The number of hydrogen-bond donors (Lipinski definition) is 1. The van der Waals surface area contributed by atoms with Gasteiger partial charge in [-0.2, -0.15) is 13.5 Å². The van der Waals surface area contributed by atoms with Crippen molar-refractivity contribution in [2.24, 2.45) is 11.3 Å². The van der Waals surface area contributed by atoms with Gasteiger partial charge in [0, 0.05) is 17.4 Å². The molecular weight excluding hydrogens is 402 g/mol. The van der Waals surface area contributed by atoms with Crippen LogP contribution in [0.15, 0.2) is 17.7 Å². The third kappa shape index (κ3) is 7.24. The Balaban J connectivity index is 0.00000392. The van der Waals surface area contributed by atoms with Crippen LogP contribution in [0.2, 0.25) is 0 Å². The third-order valence-corrected chi connectivity index (χ3v) is 5.50. The first kappa shape index (κ1) is 27.3. The van der Waals surface area contributed by atoms with E-state index in [9.17, 15) is 14.7 Å².